The van der Waals surface area contributed by atoms with Gasteiger partial charge in [0.25, 0.3) is 0 Å². The van der Waals surface area contributed by atoms with E-state index in [4.69, 9.17) is 9.84 Å². The van der Waals surface area contributed by atoms with Crippen LogP contribution < -0.4 is 5.32 Å². The first-order chi connectivity index (χ1) is 15.5. The number of nitrogens with zero attached hydrogens (tertiary/aromatic N) is 4. The van der Waals surface area contributed by atoms with E-state index in [0.29, 0.717) is 12.5 Å². The van der Waals surface area contributed by atoms with Crippen molar-refractivity contribution in [2.24, 2.45) is 0 Å². The number of carboxylic acid groups (broad SMARTS) is 1. The first-order valence-corrected chi connectivity index (χ1v) is 12.6. The van der Waals surface area contributed by atoms with Crippen LogP contribution in [0.15, 0.2) is 0 Å². The molecule has 32 heavy (non-hydrogen) atoms. The lowest BCUT2D eigenvalue weighted by Gasteiger charge is -2.43. The molecule has 0 aromatic heterocycles. The Bertz CT molecular complexity index is 591. The fraction of sp³-hybridized carbons (Fsp3) is 0.913. The molecule has 3 unspecified atom stereocenters. The summed E-state index contributed by atoms with van der Waals surface area (Å²) in [4.78, 5) is 32.8. The maximum atomic E-state index is 12.2. The van der Waals surface area contributed by atoms with Crippen molar-refractivity contribution in [3.63, 3.8) is 0 Å². The number of carbonyl (C=O) groups excluding carboxylic acids is 1. The van der Waals surface area contributed by atoms with Gasteiger partial charge in [-0.15, -0.1) is 0 Å². The molecule has 2 N–H and O–H groups in total. The molecule has 9 heteroatoms. The highest BCUT2D eigenvalue weighted by Crippen LogP contribution is 2.23. The van der Waals surface area contributed by atoms with Gasteiger partial charge < -0.3 is 25.0 Å². The molecule has 0 saturated carbocycles. The average molecular weight is 454 g/mol. The summed E-state index contributed by atoms with van der Waals surface area (Å²) < 4.78 is 5.76. The monoisotopic (exact) mass is 453 g/mol. The minimum absolute atomic E-state index is 0.0359. The molecule has 3 saturated heterocycles. The zero-order chi connectivity index (χ0) is 22.9. The number of rotatable bonds is 12. The molecule has 1 amide bonds. The van der Waals surface area contributed by atoms with Crippen molar-refractivity contribution in [2.45, 2.75) is 64.1 Å². The van der Waals surface area contributed by atoms with Gasteiger partial charge in [0, 0.05) is 71.4 Å². The number of alkyl carbamates (subject to hydrolysis) is 1. The number of piperazine rings is 2. The molecule has 0 spiro atoms. The number of carboxylic acids is 1. The zero-order valence-electron chi connectivity index (χ0n) is 20.0. The third kappa shape index (κ3) is 7.30. The van der Waals surface area contributed by atoms with Crippen LogP contribution in [-0.2, 0) is 9.53 Å². The van der Waals surface area contributed by atoms with Gasteiger partial charge in [-0.1, -0.05) is 20.3 Å². The minimum atomic E-state index is -0.723. The van der Waals surface area contributed by atoms with E-state index in [1.807, 2.05) is 0 Å². The zero-order valence-corrected chi connectivity index (χ0v) is 20.0. The van der Waals surface area contributed by atoms with E-state index < -0.39 is 5.97 Å². The van der Waals surface area contributed by atoms with Crippen LogP contribution in [0, 0.1) is 0 Å². The summed E-state index contributed by atoms with van der Waals surface area (Å²) in [7, 11) is 0. The Balaban J connectivity index is 1.51. The van der Waals surface area contributed by atoms with Crippen LogP contribution in [-0.4, -0.2) is 127 Å². The quantitative estimate of drug-likeness (QED) is 0.455. The van der Waals surface area contributed by atoms with Crippen LogP contribution in [0.4, 0.5) is 4.79 Å². The lowest BCUT2D eigenvalue weighted by molar-refractivity contribution is -0.137. The smallest absolute Gasteiger partial charge is 0.407 e. The number of hydrogen-bond donors (Lipinski definition) is 2. The van der Waals surface area contributed by atoms with Gasteiger partial charge in [-0.3, -0.25) is 14.6 Å². The van der Waals surface area contributed by atoms with Gasteiger partial charge in [0.2, 0.25) is 0 Å². The van der Waals surface area contributed by atoms with Crippen molar-refractivity contribution in [3.8, 4) is 0 Å². The first kappa shape index (κ1) is 25.2. The molecule has 184 valence electrons. The van der Waals surface area contributed by atoms with Crippen LogP contribution in [0.25, 0.3) is 0 Å². The average Bonchev–Trinajstić information content (AvgIpc) is 3.13. The predicted molar refractivity (Wildman–Crippen MR) is 124 cm³/mol. The van der Waals surface area contributed by atoms with E-state index in [0.717, 1.165) is 78.3 Å². The van der Waals surface area contributed by atoms with Gasteiger partial charge in [0.15, 0.2) is 0 Å². The molecule has 9 nitrogen and oxygen atoms in total. The van der Waals surface area contributed by atoms with Crippen molar-refractivity contribution < 1.29 is 19.4 Å². The second-order valence-corrected chi connectivity index (χ2v) is 9.49. The number of amides is 1. The summed E-state index contributed by atoms with van der Waals surface area (Å²) in [5, 5.41) is 12.0. The highest BCUT2D eigenvalue weighted by molar-refractivity contribution is 5.70. The molecular weight excluding hydrogens is 410 g/mol. The number of nitrogens with one attached hydrogen (secondary N) is 1. The van der Waals surface area contributed by atoms with E-state index in [1.54, 1.807) is 0 Å². The lowest BCUT2D eigenvalue weighted by atomic mass is 9.95. The Hall–Kier alpha value is -1.42. The van der Waals surface area contributed by atoms with Crippen LogP contribution in [0.5, 0.6) is 0 Å². The van der Waals surface area contributed by atoms with Crippen LogP contribution >= 0.6 is 0 Å². The Kier molecular flexibility index (Phi) is 10.0. The van der Waals surface area contributed by atoms with Crippen LogP contribution in [0.2, 0.25) is 0 Å². The number of hydrogen-bond acceptors (Lipinski definition) is 7. The van der Waals surface area contributed by atoms with E-state index >= 15 is 0 Å². The lowest BCUT2D eigenvalue weighted by Crippen LogP contribution is -2.59. The van der Waals surface area contributed by atoms with Crippen LogP contribution in [0.3, 0.4) is 0 Å². The minimum Gasteiger partial charge on any atom is -0.481 e. The largest absolute Gasteiger partial charge is 0.481 e. The number of aliphatic carboxylic acids is 1. The van der Waals surface area contributed by atoms with Crippen LogP contribution in [0.1, 0.15) is 46.0 Å². The van der Waals surface area contributed by atoms with Crippen molar-refractivity contribution in [2.75, 3.05) is 72.0 Å². The second kappa shape index (κ2) is 12.7. The third-order valence-electron chi connectivity index (χ3n) is 7.13. The maximum absolute atomic E-state index is 12.2. The molecule has 3 fully saturated rings. The summed E-state index contributed by atoms with van der Waals surface area (Å²) in [5.74, 6) is -0.723. The number of carbonyl (C=O) groups is 2. The fourth-order valence-corrected chi connectivity index (χ4v) is 5.39. The molecule has 0 aliphatic carbocycles. The van der Waals surface area contributed by atoms with Gasteiger partial charge in [-0.2, -0.15) is 0 Å². The Labute approximate surface area is 193 Å². The molecule has 3 atom stereocenters. The van der Waals surface area contributed by atoms with E-state index in [-0.39, 0.29) is 24.7 Å². The van der Waals surface area contributed by atoms with Gasteiger partial charge in [-0.05, 0) is 32.4 Å². The summed E-state index contributed by atoms with van der Waals surface area (Å²) in [5.41, 5.74) is 0. The highest BCUT2D eigenvalue weighted by atomic mass is 16.6. The van der Waals surface area contributed by atoms with Gasteiger partial charge in [0.1, 0.15) is 6.10 Å². The van der Waals surface area contributed by atoms with Crippen molar-refractivity contribution in [3.05, 3.63) is 0 Å². The fourth-order valence-electron chi connectivity index (χ4n) is 5.39. The molecule has 0 aromatic carbocycles. The maximum Gasteiger partial charge on any atom is 0.407 e. The van der Waals surface area contributed by atoms with Crippen molar-refractivity contribution in [1.82, 2.24) is 24.9 Å². The molecule has 0 aromatic rings. The van der Waals surface area contributed by atoms with Gasteiger partial charge in [0.05, 0.1) is 6.04 Å². The van der Waals surface area contributed by atoms with E-state index in [1.165, 1.54) is 13.0 Å². The summed E-state index contributed by atoms with van der Waals surface area (Å²) in [6.45, 7) is 15.3. The molecule has 3 aliphatic rings. The van der Waals surface area contributed by atoms with Crippen molar-refractivity contribution in [1.29, 1.82) is 0 Å². The highest BCUT2D eigenvalue weighted by Gasteiger charge is 2.42. The number of cyclic esters (lactones) is 1. The molecule has 0 radical (unpaired) electrons. The third-order valence-corrected chi connectivity index (χ3v) is 7.13. The summed E-state index contributed by atoms with van der Waals surface area (Å²) >= 11 is 0. The molecule has 3 aliphatic heterocycles. The Morgan fingerprint density at radius 1 is 1.00 bits per heavy atom. The summed E-state index contributed by atoms with van der Waals surface area (Å²) in [6, 6.07) is 0.353. The normalized spacial score (nSPS) is 27.2. The second-order valence-electron chi connectivity index (χ2n) is 9.49. The standard InChI is InChI=1S/C23H43N5O4/c1-3-6-19(28-16-14-25(8-4-2)15-17-28)22-20(32-23(31)24-22)18-27-12-10-26(11-13-27)9-5-7-21(29)30/h19-20,22H,3-18H2,1-2H3,(H,24,31)(H,29,30). The molecular formula is C23H43N5O4. The van der Waals surface area contributed by atoms with Gasteiger partial charge >= 0.3 is 12.1 Å². The van der Waals surface area contributed by atoms with Gasteiger partial charge in [-0.25, -0.2) is 4.79 Å². The predicted octanol–water partition coefficient (Wildman–Crippen LogP) is 1.14. The SMILES string of the molecule is CCCC(C1NC(=O)OC1CN1CCN(CCCC(=O)O)CC1)N1CCN(CCC)CC1. The molecule has 0 bridgehead atoms. The Morgan fingerprint density at radius 3 is 2.25 bits per heavy atom. The van der Waals surface area contributed by atoms with E-state index in [2.05, 4.69) is 38.8 Å². The number of ether oxygens (including phenoxy) is 1. The topological polar surface area (TPSA) is 88.6 Å². The molecule has 3 rings (SSSR count). The van der Waals surface area contributed by atoms with E-state index in [9.17, 15) is 9.59 Å². The molecule has 3 heterocycles. The summed E-state index contributed by atoms with van der Waals surface area (Å²) in [6.07, 6.45) is 3.89. The Morgan fingerprint density at radius 2 is 1.62 bits per heavy atom. The van der Waals surface area contributed by atoms with Crippen molar-refractivity contribution >= 4 is 12.1 Å². The first-order valence-electron chi connectivity index (χ1n) is 12.6.